The summed E-state index contributed by atoms with van der Waals surface area (Å²) in [4.78, 5) is 24.3. The number of carbonyl (C=O) groups excluding carboxylic acids is 2. The van der Waals surface area contributed by atoms with Gasteiger partial charge in [0.1, 0.15) is 11.7 Å². The van der Waals surface area contributed by atoms with Crippen molar-refractivity contribution in [3.05, 3.63) is 35.5 Å². The topological polar surface area (TPSA) is 72.8 Å². The van der Waals surface area contributed by atoms with Gasteiger partial charge in [0.05, 0.1) is 6.10 Å². The van der Waals surface area contributed by atoms with Crippen LogP contribution in [0.5, 0.6) is 0 Å². The maximum absolute atomic E-state index is 12.6. The zero-order valence-corrected chi connectivity index (χ0v) is 16.9. The smallest absolute Gasteiger partial charge is 0.334 e. The SMILES string of the molecule is C=C1C(=O)O[C@@]2(C)CC[C@H]1C[C@@H](O)/C(C)=C/C/C=C(/C)CC[C@H]2OC(C)=O. The molecule has 4 atom stereocenters. The van der Waals surface area contributed by atoms with Crippen molar-refractivity contribution in [2.75, 3.05) is 0 Å². The molecular formula is C22H32O5. The van der Waals surface area contributed by atoms with E-state index in [1.165, 1.54) is 12.5 Å². The average molecular weight is 376 g/mol. The van der Waals surface area contributed by atoms with Gasteiger partial charge in [-0.05, 0) is 70.8 Å². The number of hydrogen-bond acceptors (Lipinski definition) is 5. The van der Waals surface area contributed by atoms with Crippen LogP contribution in [0.15, 0.2) is 35.5 Å². The molecule has 27 heavy (non-hydrogen) atoms. The van der Waals surface area contributed by atoms with Gasteiger partial charge in [-0.25, -0.2) is 4.79 Å². The van der Waals surface area contributed by atoms with E-state index in [1.807, 2.05) is 26.8 Å². The number of hydrogen-bond donors (Lipinski definition) is 1. The first-order valence-corrected chi connectivity index (χ1v) is 9.72. The van der Waals surface area contributed by atoms with E-state index in [1.54, 1.807) is 0 Å². The largest absolute Gasteiger partial charge is 0.458 e. The molecule has 1 saturated heterocycles. The first kappa shape index (κ1) is 21.4. The Balaban J connectivity index is 2.40. The third-order valence-electron chi connectivity index (χ3n) is 5.80. The Hall–Kier alpha value is -1.88. The molecule has 0 radical (unpaired) electrons. The Morgan fingerprint density at radius 3 is 2.70 bits per heavy atom. The molecule has 0 aromatic carbocycles. The average Bonchev–Trinajstić information content (AvgIpc) is 2.69. The lowest BCUT2D eigenvalue weighted by atomic mass is 9.83. The summed E-state index contributed by atoms with van der Waals surface area (Å²) in [6.45, 7) is 11.1. The summed E-state index contributed by atoms with van der Waals surface area (Å²) in [6, 6.07) is 0. The van der Waals surface area contributed by atoms with Crippen LogP contribution in [0.2, 0.25) is 0 Å². The third kappa shape index (κ3) is 5.55. The van der Waals surface area contributed by atoms with E-state index >= 15 is 0 Å². The molecule has 2 bridgehead atoms. The molecule has 0 saturated carbocycles. The van der Waals surface area contributed by atoms with Gasteiger partial charge in [-0.3, -0.25) is 4.79 Å². The second-order valence-corrected chi connectivity index (χ2v) is 8.09. The van der Waals surface area contributed by atoms with Gasteiger partial charge in [-0.2, -0.15) is 0 Å². The number of aliphatic hydroxyl groups excluding tert-OH is 1. The van der Waals surface area contributed by atoms with Crippen molar-refractivity contribution in [3.8, 4) is 0 Å². The molecule has 1 N–H and O–H groups in total. The summed E-state index contributed by atoms with van der Waals surface area (Å²) in [5.74, 6) is -1.00. The van der Waals surface area contributed by atoms with Crippen LogP contribution in [-0.4, -0.2) is 34.9 Å². The quantitative estimate of drug-likeness (QED) is 0.425. The number of fused-ring (bicyclic) bond motifs is 3. The molecule has 0 spiro atoms. The predicted molar refractivity (Wildman–Crippen MR) is 104 cm³/mol. The molecular weight excluding hydrogens is 344 g/mol. The molecule has 2 aliphatic rings. The van der Waals surface area contributed by atoms with Crippen LogP contribution >= 0.6 is 0 Å². The molecule has 0 aromatic rings. The zero-order chi connectivity index (χ0) is 20.2. The Morgan fingerprint density at radius 2 is 2.04 bits per heavy atom. The van der Waals surface area contributed by atoms with Crippen LogP contribution in [0.4, 0.5) is 0 Å². The normalized spacial score (nSPS) is 37.1. The molecule has 1 aliphatic carbocycles. The summed E-state index contributed by atoms with van der Waals surface area (Å²) < 4.78 is 11.4. The number of rotatable bonds is 1. The minimum atomic E-state index is -0.902. The van der Waals surface area contributed by atoms with Crippen LogP contribution in [0, 0.1) is 5.92 Å². The maximum atomic E-state index is 12.6. The van der Waals surface area contributed by atoms with Crippen LogP contribution in [0.25, 0.3) is 0 Å². The van der Waals surface area contributed by atoms with Gasteiger partial charge in [0.15, 0.2) is 0 Å². The highest BCUT2D eigenvalue weighted by molar-refractivity contribution is 5.89. The second kappa shape index (κ2) is 8.87. The molecule has 0 aromatic heterocycles. The van der Waals surface area contributed by atoms with E-state index in [-0.39, 0.29) is 11.9 Å². The molecule has 5 nitrogen and oxygen atoms in total. The highest BCUT2D eigenvalue weighted by atomic mass is 16.6. The predicted octanol–water partition coefficient (Wildman–Crippen LogP) is 4.01. The Kier molecular flexibility index (Phi) is 7.04. The molecule has 0 amide bonds. The first-order chi connectivity index (χ1) is 12.6. The van der Waals surface area contributed by atoms with E-state index < -0.39 is 23.8 Å². The fourth-order valence-corrected chi connectivity index (χ4v) is 3.80. The molecule has 2 rings (SSSR count). The molecule has 1 heterocycles. The van der Waals surface area contributed by atoms with Crippen molar-refractivity contribution in [2.45, 2.75) is 84.0 Å². The standard InChI is InChI=1S/C22H32O5/c1-14-7-6-8-15(2)19(24)13-18-11-12-22(5,27-21(25)16(18)3)20(10-9-14)26-17(4)23/h7-8,18-20,24H,3,6,9-13H2,1-2,4-5H3/b14-7-,15-8+/t18-,19+,20+,22-/m0/s1. The van der Waals surface area contributed by atoms with E-state index in [2.05, 4.69) is 12.7 Å². The maximum Gasteiger partial charge on any atom is 0.334 e. The van der Waals surface area contributed by atoms with Crippen LogP contribution in [-0.2, 0) is 19.1 Å². The van der Waals surface area contributed by atoms with Gasteiger partial charge in [-0.1, -0.05) is 24.3 Å². The van der Waals surface area contributed by atoms with Gasteiger partial charge in [0, 0.05) is 12.5 Å². The summed E-state index contributed by atoms with van der Waals surface area (Å²) in [5, 5.41) is 10.6. The number of aliphatic hydroxyl groups is 1. The van der Waals surface area contributed by atoms with Crippen LogP contribution in [0.1, 0.15) is 66.2 Å². The minimum Gasteiger partial charge on any atom is -0.458 e. The number of carbonyl (C=O) groups is 2. The number of ether oxygens (including phenoxy) is 2. The fraction of sp³-hybridized carbons (Fsp3) is 0.636. The van der Waals surface area contributed by atoms with Gasteiger partial charge in [0.2, 0.25) is 0 Å². The van der Waals surface area contributed by atoms with Crippen molar-refractivity contribution in [3.63, 3.8) is 0 Å². The summed E-state index contributed by atoms with van der Waals surface area (Å²) >= 11 is 0. The summed E-state index contributed by atoms with van der Waals surface area (Å²) in [7, 11) is 0. The lowest BCUT2D eigenvalue weighted by molar-refractivity contribution is -0.180. The Morgan fingerprint density at radius 1 is 1.33 bits per heavy atom. The molecule has 1 aliphatic heterocycles. The number of esters is 2. The molecule has 5 heteroatoms. The minimum absolute atomic E-state index is 0.157. The highest BCUT2D eigenvalue weighted by Crippen LogP contribution is 2.38. The van der Waals surface area contributed by atoms with Crippen molar-refractivity contribution in [2.24, 2.45) is 5.92 Å². The molecule has 150 valence electrons. The zero-order valence-electron chi connectivity index (χ0n) is 16.9. The van der Waals surface area contributed by atoms with Crippen LogP contribution in [0.3, 0.4) is 0 Å². The lowest BCUT2D eigenvalue weighted by Gasteiger charge is -2.35. The van der Waals surface area contributed by atoms with Gasteiger partial charge in [0.25, 0.3) is 0 Å². The molecule has 0 unspecified atom stereocenters. The third-order valence-corrected chi connectivity index (χ3v) is 5.80. The summed E-state index contributed by atoms with van der Waals surface area (Å²) in [6.07, 6.45) is 6.72. The summed E-state index contributed by atoms with van der Waals surface area (Å²) in [5.41, 5.74) is 1.56. The van der Waals surface area contributed by atoms with Crippen molar-refractivity contribution in [1.29, 1.82) is 0 Å². The van der Waals surface area contributed by atoms with Crippen molar-refractivity contribution >= 4 is 11.9 Å². The van der Waals surface area contributed by atoms with Gasteiger partial charge in [-0.15, -0.1) is 0 Å². The number of allylic oxidation sites excluding steroid dienone is 3. The fourth-order valence-electron chi connectivity index (χ4n) is 3.80. The lowest BCUT2D eigenvalue weighted by Crippen LogP contribution is -2.45. The van der Waals surface area contributed by atoms with E-state index in [0.717, 1.165) is 18.4 Å². The highest BCUT2D eigenvalue weighted by Gasteiger charge is 2.44. The van der Waals surface area contributed by atoms with E-state index in [0.29, 0.717) is 31.3 Å². The molecule has 1 fully saturated rings. The van der Waals surface area contributed by atoms with Crippen LogP contribution < -0.4 is 0 Å². The van der Waals surface area contributed by atoms with E-state index in [4.69, 9.17) is 9.47 Å². The first-order valence-electron chi connectivity index (χ1n) is 9.72. The Bertz CT molecular complexity index is 660. The monoisotopic (exact) mass is 376 g/mol. The van der Waals surface area contributed by atoms with Gasteiger partial charge >= 0.3 is 11.9 Å². The Labute approximate surface area is 162 Å². The van der Waals surface area contributed by atoms with Crippen molar-refractivity contribution in [1.82, 2.24) is 0 Å². The van der Waals surface area contributed by atoms with E-state index in [9.17, 15) is 14.7 Å². The van der Waals surface area contributed by atoms with Gasteiger partial charge < -0.3 is 14.6 Å². The van der Waals surface area contributed by atoms with Crippen molar-refractivity contribution < 1.29 is 24.2 Å². The second-order valence-electron chi connectivity index (χ2n) is 8.09.